The highest BCUT2D eigenvalue weighted by atomic mass is 16.2. The third kappa shape index (κ3) is 1.46. The van der Waals surface area contributed by atoms with Gasteiger partial charge in [-0.2, -0.15) is 5.10 Å². The molecule has 1 N–H and O–H groups in total. The standard InChI is InChI=1S/C13H12N4O2/c18-12-11-6-9(15-12)7-16(11)13(19)8-2-4-17-10(5-8)1-3-14-17/h1-5,9,11H,6-7H2,(H,15,18)/t9-,11-/m0/s1. The van der Waals surface area contributed by atoms with Crippen LogP contribution < -0.4 is 5.32 Å². The van der Waals surface area contributed by atoms with Crippen LogP contribution in [-0.4, -0.2) is 45.0 Å². The van der Waals surface area contributed by atoms with Crippen LogP contribution in [0.25, 0.3) is 5.52 Å². The zero-order valence-electron chi connectivity index (χ0n) is 10.1. The van der Waals surface area contributed by atoms with Crippen LogP contribution in [0.15, 0.2) is 30.6 Å². The molecule has 2 atom stereocenters. The van der Waals surface area contributed by atoms with Crippen molar-refractivity contribution in [2.24, 2.45) is 0 Å². The van der Waals surface area contributed by atoms with Gasteiger partial charge in [0.25, 0.3) is 5.91 Å². The van der Waals surface area contributed by atoms with Crippen LogP contribution in [0.4, 0.5) is 0 Å². The molecule has 0 radical (unpaired) electrons. The molecule has 6 nitrogen and oxygen atoms in total. The van der Waals surface area contributed by atoms with E-state index < -0.39 is 0 Å². The number of fused-ring (bicyclic) bond motifs is 3. The minimum atomic E-state index is -0.293. The number of nitrogens with zero attached hydrogens (tertiary/aromatic N) is 3. The highest BCUT2D eigenvalue weighted by Gasteiger charge is 2.46. The lowest BCUT2D eigenvalue weighted by atomic mass is 10.2. The first-order valence-electron chi connectivity index (χ1n) is 6.27. The number of carbonyl (C=O) groups is 2. The van der Waals surface area contributed by atoms with Gasteiger partial charge in [0.1, 0.15) is 6.04 Å². The molecule has 0 saturated carbocycles. The smallest absolute Gasteiger partial charge is 0.254 e. The van der Waals surface area contributed by atoms with Crippen LogP contribution in [-0.2, 0) is 4.79 Å². The van der Waals surface area contributed by atoms with Crippen LogP contribution in [0, 0.1) is 0 Å². The molecule has 0 aromatic carbocycles. The normalized spacial score (nSPS) is 25.1. The highest BCUT2D eigenvalue weighted by molar-refractivity contribution is 6.00. The van der Waals surface area contributed by atoms with Crippen molar-refractivity contribution in [3.05, 3.63) is 36.2 Å². The molecule has 2 bridgehead atoms. The van der Waals surface area contributed by atoms with Gasteiger partial charge in [-0.25, -0.2) is 4.52 Å². The highest BCUT2D eigenvalue weighted by Crippen LogP contribution is 2.26. The molecule has 2 aliphatic rings. The second-order valence-electron chi connectivity index (χ2n) is 5.03. The minimum absolute atomic E-state index is 0.0324. The van der Waals surface area contributed by atoms with Crippen molar-refractivity contribution in [2.45, 2.75) is 18.5 Å². The Morgan fingerprint density at radius 2 is 2.32 bits per heavy atom. The largest absolute Gasteiger partial charge is 0.350 e. The van der Waals surface area contributed by atoms with Crippen molar-refractivity contribution in [2.75, 3.05) is 6.54 Å². The molecule has 2 saturated heterocycles. The van der Waals surface area contributed by atoms with Gasteiger partial charge in [0.15, 0.2) is 0 Å². The first kappa shape index (κ1) is 10.5. The number of piperazine rings is 1. The van der Waals surface area contributed by atoms with Crippen molar-refractivity contribution >= 4 is 17.3 Å². The van der Waals surface area contributed by atoms with E-state index in [1.807, 2.05) is 6.07 Å². The Hall–Kier alpha value is -2.37. The molecule has 0 spiro atoms. The fourth-order valence-corrected chi connectivity index (χ4v) is 2.93. The second kappa shape index (κ2) is 3.57. The van der Waals surface area contributed by atoms with Crippen LogP contribution in [0.1, 0.15) is 16.8 Å². The number of aromatic nitrogens is 2. The van der Waals surface area contributed by atoms with E-state index in [9.17, 15) is 9.59 Å². The molecule has 6 heteroatoms. The van der Waals surface area contributed by atoms with E-state index in [0.29, 0.717) is 12.1 Å². The van der Waals surface area contributed by atoms with Gasteiger partial charge < -0.3 is 10.2 Å². The number of rotatable bonds is 1. The number of amides is 2. The van der Waals surface area contributed by atoms with Crippen LogP contribution in [0.2, 0.25) is 0 Å². The lowest BCUT2D eigenvalue weighted by molar-refractivity contribution is -0.124. The van der Waals surface area contributed by atoms with E-state index in [0.717, 1.165) is 11.9 Å². The molecule has 2 fully saturated rings. The molecule has 4 rings (SSSR count). The summed E-state index contributed by atoms with van der Waals surface area (Å²) < 4.78 is 1.71. The summed E-state index contributed by atoms with van der Waals surface area (Å²) in [6.45, 7) is 0.611. The first-order chi connectivity index (χ1) is 9.22. The van der Waals surface area contributed by atoms with E-state index in [-0.39, 0.29) is 23.9 Å². The van der Waals surface area contributed by atoms with Crippen molar-refractivity contribution in [1.29, 1.82) is 0 Å². The monoisotopic (exact) mass is 256 g/mol. The Morgan fingerprint density at radius 3 is 3.11 bits per heavy atom. The first-order valence-corrected chi connectivity index (χ1v) is 6.27. The molecule has 2 aromatic rings. The zero-order chi connectivity index (χ0) is 13.0. The fraction of sp³-hybridized carbons (Fsp3) is 0.308. The molecule has 2 aromatic heterocycles. The summed E-state index contributed by atoms with van der Waals surface area (Å²) in [5, 5.41) is 6.96. The Morgan fingerprint density at radius 1 is 1.42 bits per heavy atom. The second-order valence-corrected chi connectivity index (χ2v) is 5.03. The number of likely N-dealkylation sites (tertiary alicyclic amines) is 1. The summed E-state index contributed by atoms with van der Waals surface area (Å²) >= 11 is 0. The summed E-state index contributed by atoms with van der Waals surface area (Å²) in [4.78, 5) is 25.8. The average molecular weight is 256 g/mol. The summed E-state index contributed by atoms with van der Waals surface area (Å²) in [6.07, 6.45) is 4.19. The van der Waals surface area contributed by atoms with Gasteiger partial charge in [-0.15, -0.1) is 0 Å². The predicted octanol–water partition coefficient (Wildman–Crippen LogP) is 0.0472. The van der Waals surface area contributed by atoms with Gasteiger partial charge in [0, 0.05) is 30.5 Å². The van der Waals surface area contributed by atoms with Crippen LogP contribution in [0.3, 0.4) is 0 Å². The molecular formula is C13H12N4O2. The van der Waals surface area contributed by atoms with Gasteiger partial charge in [-0.05, 0) is 24.6 Å². The maximum atomic E-state index is 12.5. The molecule has 0 aliphatic carbocycles. The number of hydrogen-bond acceptors (Lipinski definition) is 3. The molecule has 2 aliphatic heterocycles. The summed E-state index contributed by atoms with van der Waals surface area (Å²) in [5.41, 5.74) is 1.48. The van der Waals surface area contributed by atoms with Crippen molar-refractivity contribution < 1.29 is 9.59 Å². The van der Waals surface area contributed by atoms with Crippen molar-refractivity contribution in [1.82, 2.24) is 19.8 Å². The average Bonchev–Trinajstić information content (AvgIpc) is 3.10. The fourth-order valence-electron chi connectivity index (χ4n) is 2.93. The third-order valence-corrected chi connectivity index (χ3v) is 3.86. The molecule has 0 unspecified atom stereocenters. The van der Waals surface area contributed by atoms with E-state index in [1.165, 1.54) is 0 Å². The number of pyridine rings is 1. The van der Waals surface area contributed by atoms with Crippen LogP contribution in [0.5, 0.6) is 0 Å². The van der Waals surface area contributed by atoms with Gasteiger partial charge in [0.2, 0.25) is 5.91 Å². The Bertz CT molecular complexity index is 693. The van der Waals surface area contributed by atoms with Crippen molar-refractivity contribution in [3.63, 3.8) is 0 Å². The zero-order valence-corrected chi connectivity index (χ0v) is 10.1. The van der Waals surface area contributed by atoms with E-state index in [1.54, 1.807) is 33.9 Å². The third-order valence-electron chi connectivity index (χ3n) is 3.86. The van der Waals surface area contributed by atoms with Gasteiger partial charge >= 0.3 is 0 Å². The molecule has 96 valence electrons. The molecular weight excluding hydrogens is 244 g/mol. The Balaban J connectivity index is 1.68. The number of carbonyl (C=O) groups excluding carboxylic acids is 2. The maximum Gasteiger partial charge on any atom is 0.254 e. The lowest BCUT2D eigenvalue weighted by Gasteiger charge is -2.26. The van der Waals surface area contributed by atoms with E-state index >= 15 is 0 Å². The van der Waals surface area contributed by atoms with Crippen LogP contribution >= 0.6 is 0 Å². The summed E-state index contributed by atoms with van der Waals surface area (Å²) in [7, 11) is 0. The van der Waals surface area contributed by atoms with E-state index in [2.05, 4.69) is 10.4 Å². The minimum Gasteiger partial charge on any atom is -0.350 e. The maximum absolute atomic E-state index is 12.5. The predicted molar refractivity (Wildman–Crippen MR) is 66.6 cm³/mol. The summed E-state index contributed by atoms with van der Waals surface area (Å²) in [6, 6.07) is 5.23. The molecule has 4 heterocycles. The Labute approximate surface area is 109 Å². The number of nitrogens with one attached hydrogen (secondary N) is 1. The summed E-state index contributed by atoms with van der Waals surface area (Å²) in [5.74, 6) is -0.110. The topological polar surface area (TPSA) is 66.7 Å². The van der Waals surface area contributed by atoms with Gasteiger partial charge in [-0.3, -0.25) is 9.59 Å². The van der Waals surface area contributed by atoms with E-state index in [4.69, 9.17) is 0 Å². The van der Waals surface area contributed by atoms with Gasteiger partial charge in [0.05, 0.1) is 5.52 Å². The van der Waals surface area contributed by atoms with Gasteiger partial charge in [-0.1, -0.05) is 0 Å². The molecule has 2 amide bonds. The number of hydrogen-bond donors (Lipinski definition) is 1. The van der Waals surface area contributed by atoms with Crippen molar-refractivity contribution in [3.8, 4) is 0 Å². The molecule has 19 heavy (non-hydrogen) atoms. The lowest BCUT2D eigenvalue weighted by Crippen LogP contribution is -2.50. The Kier molecular flexibility index (Phi) is 1.98. The quantitative estimate of drug-likeness (QED) is 0.784. The SMILES string of the molecule is O=C1N[C@H]2C[C@@H]1N(C(=O)c1ccn3nccc3c1)C2.